The first-order valence-electron chi connectivity index (χ1n) is 3.19. The van der Waals surface area contributed by atoms with Crippen molar-refractivity contribution in [1.29, 1.82) is 0 Å². The number of hydrogen-bond acceptors (Lipinski definition) is 0. The number of allylic oxidation sites excluding steroid dienone is 4. The van der Waals surface area contributed by atoms with Gasteiger partial charge >= 0.3 is 0 Å². The van der Waals surface area contributed by atoms with Crippen LogP contribution in [0.15, 0.2) is 23.8 Å². The van der Waals surface area contributed by atoms with Crippen molar-refractivity contribution in [2.45, 2.75) is 19.3 Å². The molecule has 1 aliphatic rings. The summed E-state index contributed by atoms with van der Waals surface area (Å²) in [5.41, 5.74) is 0.120. The predicted molar refractivity (Wildman–Crippen MR) is 36.8 cm³/mol. The Labute approximate surface area is 59.2 Å². The van der Waals surface area contributed by atoms with E-state index in [0.29, 0.717) is 6.42 Å². The van der Waals surface area contributed by atoms with E-state index in [1.165, 1.54) is 6.08 Å². The van der Waals surface area contributed by atoms with Crippen molar-refractivity contribution >= 4 is 0 Å². The van der Waals surface area contributed by atoms with E-state index >= 15 is 0 Å². The molecular weight excluding hydrogens is 134 g/mol. The summed E-state index contributed by atoms with van der Waals surface area (Å²) in [6.45, 7) is 0.911. The van der Waals surface area contributed by atoms with Gasteiger partial charge in [0.05, 0.1) is 0 Å². The van der Waals surface area contributed by atoms with Crippen LogP contribution in [-0.4, -0.2) is 5.92 Å². The fourth-order valence-electron chi connectivity index (χ4n) is 0.839. The first-order valence-corrected chi connectivity index (χ1v) is 3.19. The van der Waals surface area contributed by atoms with E-state index in [4.69, 9.17) is 0 Å². The highest BCUT2D eigenvalue weighted by molar-refractivity contribution is 5.31. The summed E-state index contributed by atoms with van der Waals surface area (Å²) in [7, 11) is 0. The van der Waals surface area contributed by atoms with E-state index in [1.807, 2.05) is 6.42 Å². The van der Waals surface area contributed by atoms with Gasteiger partial charge in [-0.15, -0.1) is 0 Å². The van der Waals surface area contributed by atoms with Crippen LogP contribution in [0.5, 0.6) is 0 Å². The third-order valence-corrected chi connectivity index (χ3v) is 1.39. The molecule has 0 nitrogen and oxygen atoms in total. The molecule has 0 aromatic carbocycles. The molecule has 0 unspecified atom stereocenters. The lowest BCUT2D eigenvalue weighted by Crippen LogP contribution is -2.12. The third kappa shape index (κ3) is 1.66. The molecule has 1 radical (unpaired) electrons. The molecule has 2 heteroatoms. The summed E-state index contributed by atoms with van der Waals surface area (Å²) in [5, 5.41) is 0. The topological polar surface area (TPSA) is 0 Å². The van der Waals surface area contributed by atoms with Crippen LogP contribution in [0.4, 0.5) is 8.78 Å². The average Bonchev–Trinajstić information content (AvgIpc) is 1.88. The molecule has 0 aromatic rings. The fraction of sp³-hybridized carbons (Fsp3) is 0.375. The number of rotatable bonds is 1. The Morgan fingerprint density at radius 3 is 2.50 bits per heavy atom. The Morgan fingerprint density at radius 2 is 2.20 bits per heavy atom. The Bertz CT molecular complexity index is 172. The van der Waals surface area contributed by atoms with Crippen molar-refractivity contribution in [3.8, 4) is 0 Å². The Hall–Kier alpha value is -0.660. The third-order valence-electron chi connectivity index (χ3n) is 1.39. The van der Waals surface area contributed by atoms with Crippen LogP contribution in [0.1, 0.15) is 13.3 Å². The van der Waals surface area contributed by atoms with Crippen LogP contribution in [0.3, 0.4) is 0 Å². The lowest BCUT2D eigenvalue weighted by molar-refractivity contribution is 0.0670. The van der Waals surface area contributed by atoms with Gasteiger partial charge < -0.3 is 0 Å². The highest BCUT2D eigenvalue weighted by Crippen LogP contribution is 2.26. The summed E-state index contributed by atoms with van der Waals surface area (Å²) in [6, 6.07) is 0. The molecule has 0 atom stereocenters. The zero-order chi connectivity index (χ0) is 7.61. The van der Waals surface area contributed by atoms with E-state index in [2.05, 4.69) is 0 Å². The van der Waals surface area contributed by atoms with E-state index in [1.54, 1.807) is 12.2 Å². The minimum atomic E-state index is -2.68. The lowest BCUT2D eigenvalue weighted by atomic mass is 10.0. The predicted octanol–water partition coefficient (Wildman–Crippen LogP) is 2.73. The standard InChI is InChI=1S/C8H9F2/c1-8(9,10)7-5-3-2-4-6-7/h2-3,5-6H,4H2,1H3. The molecule has 1 rings (SSSR count). The molecule has 55 valence electrons. The molecule has 0 heterocycles. The maximum atomic E-state index is 12.5. The second kappa shape index (κ2) is 2.52. The van der Waals surface area contributed by atoms with Crippen molar-refractivity contribution in [3.63, 3.8) is 0 Å². The molecule has 1 aliphatic carbocycles. The Morgan fingerprint density at radius 1 is 1.50 bits per heavy atom. The highest BCUT2D eigenvalue weighted by Gasteiger charge is 2.25. The van der Waals surface area contributed by atoms with Crippen LogP contribution >= 0.6 is 0 Å². The van der Waals surface area contributed by atoms with Crippen molar-refractivity contribution in [2.75, 3.05) is 0 Å². The maximum absolute atomic E-state index is 12.5. The Kier molecular flexibility index (Phi) is 1.88. The zero-order valence-electron chi connectivity index (χ0n) is 5.77. The average molecular weight is 143 g/mol. The molecule has 0 aromatic heterocycles. The molecule has 0 saturated heterocycles. The van der Waals surface area contributed by atoms with Crippen molar-refractivity contribution in [3.05, 3.63) is 30.2 Å². The van der Waals surface area contributed by atoms with Crippen molar-refractivity contribution in [1.82, 2.24) is 0 Å². The summed E-state index contributed by atoms with van der Waals surface area (Å²) in [4.78, 5) is 0. The summed E-state index contributed by atoms with van der Waals surface area (Å²) >= 11 is 0. The molecule has 0 aliphatic heterocycles. The summed E-state index contributed by atoms with van der Waals surface area (Å²) in [5.74, 6) is -2.68. The molecule has 0 fully saturated rings. The number of hydrogen-bond donors (Lipinski definition) is 0. The van der Waals surface area contributed by atoms with Gasteiger partial charge in [-0.2, -0.15) is 0 Å². The second-order valence-electron chi connectivity index (χ2n) is 2.38. The van der Waals surface area contributed by atoms with Crippen molar-refractivity contribution in [2.24, 2.45) is 0 Å². The molecule has 0 amide bonds. The molecule has 0 saturated carbocycles. The summed E-state index contributed by atoms with van der Waals surface area (Å²) < 4.78 is 24.9. The van der Waals surface area contributed by atoms with Gasteiger partial charge in [0.25, 0.3) is 5.92 Å². The smallest absolute Gasteiger partial charge is 0.202 e. The van der Waals surface area contributed by atoms with Gasteiger partial charge in [-0.1, -0.05) is 18.2 Å². The van der Waals surface area contributed by atoms with Gasteiger partial charge in [0.2, 0.25) is 0 Å². The minimum Gasteiger partial charge on any atom is -0.202 e. The second-order valence-corrected chi connectivity index (χ2v) is 2.38. The Balaban J connectivity index is 2.73. The molecular formula is C8H9F2. The number of alkyl halides is 2. The first-order chi connectivity index (χ1) is 4.61. The number of halogens is 2. The van der Waals surface area contributed by atoms with E-state index < -0.39 is 5.92 Å². The molecule has 0 bridgehead atoms. The van der Waals surface area contributed by atoms with Crippen LogP contribution in [-0.2, 0) is 0 Å². The maximum Gasteiger partial charge on any atom is 0.270 e. The molecule has 0 N–H and O–H groups in total. The van der Waals surface area contributed by atoms with Gasteiger partial charge in [-0.25, -0.2) is 8.78 Å². The largest absolute Gasteiger partial charge is 0.270 e. The lowest BCUT2D eigenvalue weighted by Gasteiger charge is -2.13. The van der Waals surface area contributed by atoms with Gasteiger partial charge in [-0.3, -0.25) is 0 Å². The monoisotopic (exact) mass is 143 g/mol. The minimum absolute atomic E-state index is 0.120. The first kappa shape index (κ1) is 7.45. The summed E-state index contributed by atoms with van der Waals surface area (Å²) in [6.07, 6.45) is 7.11. The van der Waals surface area contributed by atoms with Crippen LogP contribution < -0.4 is 0 Å². The van der Waals surface area contributed by atoms with Gasteiger partial charge in [0, 0.05) is 12.5 Å². The van der Waals surface area contributed by atoms with Gasteiger partial charge in [0.1, 0.15) is 0 Å². The fourth-order valence-corrected chi connectivity index (χ4v) is 0.839. The van der Waals surface area contributed by atoms with Crippen LogP contribution in [0.25, 0.3) is 0 Å². The van der Waals surface area contributed by atoms with Gasteiger partial charge in [-0.05, 0) is 12.8 Å². The normalized spacial score (nSPS) is 18.9. The molecule has 0 spiro atoms. The van der Waals surface area contributed by atoms with Crippen LogP contribution in [0, 0.1) is 6.42 Å². The SMILES string of the molecule is CC(F)(F)C1=CC[CH]C=C1. The quantitative estimate of drug-likeness (QED) is 0.529. The van der Waals surface area contributed by atoms with E-state index in [9.17, 15) is 8.78 Å². The highest BCUT2D eigenvalue weighted by atomic mass is 19.3. The van der Waals surface area contributed by atoms with Gasteiger partial charge in [0.15, 0.2) is 0 Å². The van der Waals surface area contributed by atoms with E-state index in [0.717, 1.165) is 6.92 Å². The van der Waals surface area contributed by atoms with Crippen LogP contribution in [0.2, 0.25) is 0 Å². The molecule has 10 heavy (non-hydrogen) atoms. The van der Waals surface area contributed by atoms with Crippen molar-refractivity contribution < 1.29 is 8.78 Å². The van der Waals surface area contributed by atoms with E-state index in [-0.39, 0.29) is 5.57 Å². The zero-order valence-corrected chi connectivity index (χ0v) is 5.77.